The minimum atomic E-state index is -1.44. The molecule has 1 atom stereocenters. The second-order valence-corrected chi connectivity index (χ2v) is 7.69. The zero-order chi connectivity index (χ0) is 18.6. The highest BCUT2D eigenvalue weighted by Gasteiger charge is 2.31. The van der Waals surface area contributed by atoms with Gasteiger partial charge < -0.3 is 0 Å². The molecule has 3 heteroatoms. The van der Waals surface area contributed by atoms with Gasteiger partial charge in [-0.25, -0.2) is 13.2 Å². The fourth-order valence-electron chi connectivity index (χ4n) is 4.54. The summed E-state index contributed by atoms with van der Waals surface area (Å²) in [5.41, 5.74) is 1.87. The molecule has 2 rings (SSSR count). The Labute approximate surface area is 150 Å². The van der Waals surface area contributed by atoms with Gasteiger partial charge >= 0.3 is 0 Å². The van der Waals surface area contributed by atoms with Crippen LogP contribution in [0.2, 0.25) is 0 Å². The lowest BCUT2D eigenvalue weighted by Crippen LogP contribution is -2.24. The van der Waals surface area contributed by atoms with Crippen LogP contribution in [0.3, 0.4) is 0 Å². The first kappa shape index (κ1) is 20.1. The third-order valence-electron chi connectivity index (χ3n) is 6.27. The Hall–Kier alpha value is -1.25. The van der Waals surface area contributed by atoms with Gasteiger partial charge in [0.25, 0.3) is 0 Å². The standard InChI is InChI=1S/C22H31F3/c1-5-16-7-9-17(10-8-16)18-11-12-19(14(3)13-18)15(4)21(24)22(25)20(23)6-2/h6,16-18H,4-5,7-13H2,1-3H3/b20-6+,22-21-. The van der Waals surface area contributed by atoms with Crippen molar-refractivity contribution < 1.29 is 13.2 Å². The molecule has 0 N–H and O–H groups in total. The first-order valence-electron chi connectivity index (χ1n) is 9.64. The van der Waals surface area contributed by atoms with Crippen LogP contribution >= 0.6 is 0 Å². The summed E-state index contributed by atoms with van der Waals surface area (Å²) in [6.07, 6.45) is 10.1. The average Bonchev–Trinajstić information content (AvgIpc) is 2.65. The molecule has 2 aliphatic carbocycles. The summed E-state index contributed by atoms with van der Waals surface area (Å²) in [6.45, 7) is 9.30. The molecule has 0 heterocycles. The highest BCUT2D eigenvalue weighted by Crippen LogP contribution is 2.44. The van der Waals surface area contributed by atoms with Gasteiger partial charge in [-0.15, -0.1) is 0 Å². The van der Waals surface area contributed by atoms with Crippen molar-refractivity contribution in [3.05, 3.63) is 46.9 Å². The van der Waals surface area contributed by atoms with Crippen LogP contribution in [0.15, 0.2) is 46.9 Å². The smallest absolute Gasteiger partial charge is 0.194 e. The molecule has 0 spiro atoms. The Kier molecular flexibility index (Phi) is 7.15. The van der Waals surface area contributed by atoms with E-state index < -0.39 is 17.5 Å². The molecule has 0 aromatic rings. The Morgan fingerprint density at radius 2 is 1.68 bits per heavy atom. The molecule has 140 valence electrons. The molecule has 0 saturated heterocycles. The van der Waals surface area contributed by atoms with Crippen LogP contribution in [0, 0.1) is 17.8 Å². The molecule has 1 saturated carbocycles. The molecule has 1 fully saturated rings. The van der Waals surface area contributed by atoms with Crippen LogP contribution in [0.5, 0.6) is 0 Å². The summed E-state index contributed by atoms with van der Waals surface area (Å²) in [5.74, 6) is -1.49. The van der Waals surface area contributed by atoms with E-state index in [1.54, 1.807) is 0 Å². The number of rotatable bonds is 5. The van der Waals surface area contributed by atoms with E-state index in [1.165, 1.54) is 39.0 Å². The fraction of sp³-hybridized carbons (Fsp3) is 0.636. The van der Waals surface area contributed by atoms with Gasteiger partial charge in [0.1, 0.15) is 0 Å². The highest BCUT2D eigenvalue weighted by molar-refractivity contribution is 5.48. The lowest BCUT2D eigenvalue weighted by atomic mass is 9.69. The van der Waals surface area contributed by atoms with Crippen LogP contribution in [0.1, 0.15) is 72.1 Å². The Morgan fingerprint density at radius 3 is 2.20 bits per heavy atom. The molecule has 0 aromatic carbocycles. The van der Waals surface area contributed by atoms with E-state index in [0.29, 0.717) is 12.3 Å². The second-order valence-electron chi connectivity index (χ2n) is 7.69. The van der Waals surface area contributed by atoms with Crippen molar-refractivity contribution >= 4 is 0 Å². The summed E-state index contributed by atoms with van der Waals surface area (Å²) in [6, 6.07) is 0. The van der Waals surface area contributed by atoms with Crippen molar-refractivity contribution in [3.8, 4) is 0 Å². The number of hydrogen-bond donors (Lipinski definition) is 0. The fourth-order valence-corrected chi connectivity index (χ4v) is 4.54. The SMILES string of the molecule is C=C(C1=C(C)CC(C2CCC(CC)CC2)CC1)/C(F)=C(F)\C(F)=C/C. The van der Waals surface area contributed by atoms with Crippen LogP contribution in [-0.2, 0) is 0 Å². The van der Waals surface area contributed by atoms with E-state index in [1.807, 2.05) is 6.92 Å². The van der Waals surface area contributed by atoms with E-state index >= 15 is 0 Å². The maximum absolute atomic E-state index is 14.2. The first-order chi connectivity index (χ1) is 11.9. The van der Waals surface area contributed by atoms with E-state index in [2.05, 4.69) is 13.5 Å². The number of allylic oxidation sites excluding steroid dienone is 7. The lowest BCUT2D eigenvalue weighted by Gasteiger charge is -2.37. The summed E-state index contributed by atoms with van der Waals surface area (Å²) in [7, 11) is 0. The summed E-state index contributed by atoms with van der Waals surface area (Å²) in [4.78, 5) is 0. The third kappa shape index (κ3) is 4.68. The highest BCUT2D eigenvalue weighted by atomic mass is 19.2. The van der Waals surface area contributed by atoms with Gasteiger partial charge in [-0.05, 0) is 75.4 Å². The van der Waals surface area contributed by atoms with E-state index in [4.69, 9.17) is 0 Å². The molecular formula is C22H31F3. The molecule has 2 aliphatic rings. The van der Waals surface area contributed by atoms with Crippen molar-refractivity contribution in [2.24, 2.45) is 17.8 Å². The largest absolute Gasteiger partial charge is 0.204 e. The van der Waals surface area contributed by atoms with Crippen LogP contribution in [0.25, 0.3) is 0 Å². The van der Waals surface area contributed by atoms with Gasteiger partial charge in [0.15, 0.2) is 17.5 Å². The maximum Gasteiger partial charge on any atom is 0.194 e. The zero-order valence-corrected chi connectivity index (χ0v) is 15.8. The maximum atomic E-state index is 14.2. The lowest BCUT2D eigenvalue weighted by molar-refractivity contribution is 0.187. The molecule has 0 nitrogen and oxygen atoms in total. The van der Waals surface area contributed by atoms with Gasteiger partial charge in [0, 0.05) is 5.57 Å². The molecule has 0 bridgehead atoms. The van der Waals surface area contributed by atoms with Crippen LogP contribution in [0.4, 0.5) is 13.2 Å². The van der Waals surface area contributed by atoms with Gasteiger partial charge in [0.2, 0.25) is 0 Å². The van der Waals surface area contributed by atoms with E-state index in [-0.39, 0.29) is 5.57 Å². The molecule has 0 aromatic heterocycles. The van der Waals surface area contributed by atoms with Gasteiger partial charge in [-0.3, -0.25) is 0 Å². The minimum Gasteiger partial charge on any atom is -0.204 e. The van der Waals surface area contributed by atoms with E-state index in [0.717, 1.165) is 41.9 Å². The Balaban J connectivity index is 2.06. The van der Waals surface area contributed by atoms with Crippen molar-refractivity contribution in [2.75, 3.05) is 0 Å². The summed E-state index contributed by atoms with van der Waals surface area (Å²) >= 11 is 0. The first-order valence-corrected chi connectivity index (χ1v) is 9.64. The average molecular weight is 352 g/mol. The number of hydrogen-bond acceptors (Lipinski definition) is 0. The van der Waals surface area contributed by atoms with Gasteiger partial charge in [-0.1, -0.05) is 38.3 Å². The number of halogens is 3. The normalized spacial score (nSPS) is 29.5. The second kappa shape index (κ2) is 8.91. The quantitative estimate of drug-likeness (QED) is 0.441. The van der Waals surface area contributed by atoms with E-state index in [9.17, 15) is 13.2 Å². The van der Waals surface area contributed by atoms with Crippen molar-refractivity contribution in [1.29, 1.82) is 0 Å². The monoisotopic (exact) mass is 352 g/mol. The predicted octanol–water partition coefficient (Wildman–Crippen LogP) is 7.90. The molecule has 0 aliphatic heterocycles. The van der Waals surface area contributed by atoms with Crippen LogP contribution < -0.4 is 0 Å². The third-order valence-corrected chi connectivity index (χ3v) is 6.27. The molecule has 25 heavy (non-hydrogen) atoms. The van der Waals surface area contributed by atoms with Crippen molar-refractivity contribution in [3.63, 3.8) is 0 Å². The van der Waals surface area contributed by atoms with Gasteiger partial charge in [-0.2, -0.15) is 0 Å². The van der Waals surface area contributed by atoms with Crippen LogP contribution in [-0.4, -0.2) is 0 Å². The molecule has 1 unspecified atom stereocenters. The molecular weight excluding hydrogens is 321 g/mol. The van der Waals surface area contributed by atoms with Gasteiger partial charge in [0.05, 0.1) is 0 Å². The van der Waals surface area contributed by atoms with Crippen molar-refractivity contribution in [2.45, 2.75) is 72.1 Å². The summed E-state index contributed by atoms with van der Waals surface area (Å²) in [5, 5.41) is 0. The minimum absolute atomic E-state index is 0.0140. The van der Waals surface area contributed by atoms with Crippen molar-refractivity contribution in [1.82, 2.24) is 0 Å². The topological polar surface area (TPSA) is 0 Å². The zero-order valence-electron chi connectivity index (χ0n) is 15.8. The summed E-state index contributed by atoms with van der Waals surface area (Å²) < 4.78 is 41.2. The Morgan fingerprint density at radius 1 is 1.04 bits per heavy atom. The Bertz CT molecular complexity index is 586. The molecule has 0 radical (unpaired) electrons. The molecule has 0 amide bonds. The predicted molar refractivity (Wildman–Crippen MR) is 99.0 cm³/mol.